The van der Waals surface area contributed by atoms with Gasteiger partial charge in [-0.15, -0.1) is 0 Å². The first kappa shape index (κ1) is 15.8. The molecule has 3 N–H and O–H groups in total. The van der Waals surface area contributed by atoms with E-state index in [0.717, 1.165) is 24.2 Å². The first-order chi connectivity index (χ1) is 9.88. The Morgan fingerprint density at radius 2 is 2.10 bits per heavy atom. The molecule has 116 valence electrons. The minimum absolute atomic E-state index is 0.0460. The maximum Gasteiger partial charge on any atom is 0.241 e. The molecule has 1 aliphatic rings. The second-order valence-corrected chi connectivity index (χ2v) is 6.47. The maximum atomic E-state index is 12.5. The van der Waals surface area contributed by atoms with Crippen molar-refractivity contribution in [2.75, 3.05) is 17.6 Å². The molecule has 0 aliphatic carbocycles. The molecule has 0 saturated carbocycles. The van der Waals surface area contributed by atoms with E-state index in [1.54, 1.807) is 0 Å². The zero-order chi connectivity index (χ0) is 15.6. The third-order valence-corrected chi connectivity index (χ3v) is 4.56. The van der Waals surface area contributed by atoms with E-state index in [0.29, 0.717) is 17.6 Å². The largest absolute Gasteiger partial charge is 0.399 e. The van der Waals surface area contributed by atoms with E-state index in [4.69, 9.17) is 5.73 Å². The summed E-state index contributed by atoms with van der Waals surface area (Å²) in [5, 5.41) is 3.02. The van der Waals surface area contributed by atoms with Crippen molar-refractivity contribution in [3.8, 4) is 0 Å². The molecule has 1 amide bonds. The Morgan fingerprint density at radius 1 is 1.38 bits per heavy atom. The molecule has 1 aromatic carbocycles. The number of anilines is 2. The smallest absolute Gasteiger partial charge is 0.241 e. The van der Waals surface area contributed by atoms with Gasteiger partial charge in [-0.05, 0) is 57.2 Å². The van der Waals surface area contributed by atoms with Gasteiger partial charge in [-0.25, -0.2) is 0 Å². The number of nitrogens with zero attached hydrogens (tertiary/aromatic N) is 1. The quantitative estimate of drug-likeness (QED) is 0.841. The lowest BCUT2D eigenvalue weighted by Gasteiger charge is -2.40. The molecule has 0 spiro atoms. The molecule has 4 heteroatoms. The highest BCUT2D eigenvalue weighted by Gasteiger charge is 2.30. The van der Waals surface area contributed by atoms with Crippen molar-refractivity contribution >= 4 is 17.3 Å². The van der Waals surface area contributed by atoms with Crippen molar-refractivity contribution < 1.29 is 4.79 Å². The fraction of sp³-hybridized carbons (Fsp3) is 0.588. The highest BCUT2D eigenvalue weighted by atomic mass is 16.2. The van der Waals surface area contributed by atoms with E-state index < -0.39 is 0 Å². The predicted molar refractivity (Wildman–Crippen MR) is 88.2 cm³/mol. The van der Waals surface area contributed by atoms with Gasteiger partial charge in [0.15, 0.2) is 0 Å². The minimum Gasteiger partial charge on any atom is -0.399 e. The third kappa shape index (κ3) is 3.76. The zero-order valence-electron chi connectivity index (χ0n) is 13.5. The summed E-state index contributed by atoms with van der Waals surface area (Å²) in [6, 6.07) is 5.94. The van der Waals surface area contributed by atoms with Gasteiger partial charge in [-0.2, -0.15) is 0 Å². The van der Waals surface area contributed by atoms with Crippen LogP contribution in [0.25, 0.3) is 0 Å². The Bertz CT molecular complexity index is 515. The van der Waals surface area contributed by atoms with Crippen LogP contribution in [0.5, 0.6) is 0 Å². The number of piperidine rings is 1. The lowest BCUT2D eigenvalue weighted by molar-refractivity contribution is -0.122. The first-order valence-electron chi connectivity index (χ1n) is 7.81. The number of hydrogen-bond donors (Lipinski definition) is 2. The number of carbonyl (C=O) groups is 1. The van der Waals surface area contributed by atoms with Crippen molar-refractivity contribution in [2.24, 2.45) is 5.92 Å². The highest BCUT2D eigenvalue weighted by molar-refractivity contribution is 5.95. The predicted octanol–water partition coefficient (Wildman–Crippen LogP) is 3.02. The summed E-state index contributed by atoms with van der Waals surface area (Å²) in [7, 11) is 0. The number of amides is 1. The van der Waals surface area contributed by atoms with Crippen LogP contribution in [-0.2, 0) is 4.79 Å². The van der Waals surface area contributed by atoms with Gasteiger partial charge in [0, 0.05) is 24.0 Å². The molecule has 1 heterocycles. The van der Waals surface area contributed by atoms with Crippen LogP contribution in [0.15, 0.2) is 18.2 Å². The fourth-order valence-electron chi connectivity index (χ4n) is 3.02. The third-order valence-electron chi connectivity index (χ3n) is 4.56. The van der Waals surface area contributed by atoms with Crippen LogP contribution in [0.2, 0.25) is 0 Å². The van der Waals surface area contributed by atoms with E-state index in [-0.39, 0.29) is 11.9 Å². The maximum absolute atomic E-state index is 12.5. The number of nitrogens with one attached hydrogen (secondary N) is 1. The topological polar surface area (TPSA) is 58.4 Å². The van der Waals surface area contributed by atoms with Crippen molar-refractivity contribution in [1.82, 2.24) is 4.90 Å². The monoisotopic (exact) mass is 289 g/mol. The molecule has 3 unspecified atom stereocenters. The Morgan fingerprint density at radius 3 is 2.81 bits per heavy atom. The van der Waals surface area contributed by atoms with Gasteiger partial charge >= 0.3 is 0 Å². The van der Waals surface area contributed by atoms with E-state index >= 15 is 0 Å². The van der Waals surface area contributed by atoms with Crippen molar-refractivity contribution in [3.05, 3.63) is 23.8 Å². The minimum atomic E-state index is -0.122. The number of likely N-dealkylation sites (tertiary alicyclic amines) is 1. The Labute approximate surface area is 127 Å². The molecule has 21 heavy (non-hydrogen) atoms. The number of nitrogens with two attached hydrogens (primary N) is 1. The summed E-state index contributed by atoms with van der Waals surface area (Å²) < 4.78 is 0. The molecule has 1 aliphatic heterocycles. The van der Waals surface area contributed by atoms with Crippen molar-refractivity contribution in [1.29, 1.82) is 0 Å². The molecular formula is C17H27N3O. The first-order valence-corrected chi connectivity index (χ1v) is 7.81. The van der Waals surface area contributed by atoms with E-state index in [1.165, 1.54) is 6.42 Å². The van der Waals surface area contributed by atoms with Crippen molar-refractivity contribution in [2.45, 2.75) is 52.6 Å². The van der Waals surface area contributed by atoms with Gasteiger partial charge in [-0.1, -0.05) is 13.0 Å². The molecular weight excluding hydrogens is 262 g/mol. The van der Waals surface area contributed by atoms with Crippen LogP contribution < -0.4 is 11.1 Å². The van der Waals surface area contributed by atoms with E-state index in [2.05, 4.69) is 24.1 Å². The van der Waals surface area contributed by atoms with Gasteiger partial charge in [0.2, 0.25) is 5.91 Å². The summed E-state index contributed by atoms with van der Waals surface area (Å²) in [6.07, 6.45) is 2.41. The molecule has 1 fully saturated rings. The summed E-state index contributed by atoms with van der Waals surface area (Å²) in [5.74, 6) is 0.704. The number of hydrogen-bond acceptors (Lipinski definition) is 3. The molecule has 0 bridgehead atoms. The summed E-state index contributed by atoms with van der Waals surface area (Å²) in [5.41, 5.74) is 8.31. The van der Waals surface area contributed by atoms with Gasteiger partial charge in [0.25, 0.3) is 0 Å². The molecule has 2 rings (SSSR count). The van der Waals surface area contributed by atoms with Gasteiger partial charge in [-0.3, -0.25) is 9.69 Å². The SMILES string of the molecule is Cc1ccc(N)cc1NC(=O)C(C)N1CC(C)CCC1C. The molecule has 0 radical (unpaired) electrons. The Kier molecular flexibility index (Phi) is 4.88. The number of benzene rings is 1. The molecule has 1 aromatic rings. The van der Waals surface area contributed by atoms with Crippen LogP contribution in [0.3, 0.4) is 0 Å². The lowest BCUT2D eigenvalue weighted by Crippen LogP contribution is -2.50. The number of carbonyl (C=O) groups excluding carboxylic acids is 1. The zero-order valence-corrected chi connectivity index (χ0v) is 13.5. The number of aryl methyl sites for hydroxylation is 1. The van der Waals surface area contributed by atoms with E-state index in [1.807, 2.05) is 32.0 Å². The van der Waals surface area contributed by atoms with Crippen LogP contribution >= 0.6 is 0 Å². The average Bonchev–Trinajstić information content (AvgIpc) is 2.44. The second kappa shape index (κ2) is 6.48. The van der Waals surface area contributed by atoms with Gasteiger partial charge in [0.1, 0.15) is 0 Å². The van der Waals surface area contributed by atoms with Crippen LogP contribution in [0, 0.1) is 12.8 Å². The normalized spacial score (nSPS) is 24.6. The lowest BCUT2D eigenvalue weighted by atomic mass is 9.93. The average molecular weight is 289 g/mol. The number of rotatable bonds is 3. The summed E-state index contributed by atoms with van der Waals surface area (Å²) in [6.45, 7) is 9.43. The van der Waals surface area contributed by atoms with Gasteiger partial charge < -0.3 is 11.1 Å². The van der Waals surface area contributed by atoms with E-state index in [9.17, 15) is 4.79 Å². The van der Waals surface area contributed by atoms with Crippen molar-refractivity contribution in [3.63, 3.8) is 0 Å². The van der Waals surface area contributed by atoms with Gasteiger partial charge in [0.05, 0.1) is 6.04 Å². The highest BCUT2D eigenvalue weighted by Crippen LogP contribution is 2.24. The molecule has 4 nitrogen and oxygen atoms in total. The standard InChI is InChI=1S/C17H27N3O/c1-11-5-7-13(3)20(10-11)14(4)17(21)19-16-9-15(18)8-6-12(16)2/h6,8-9,11,13-14H,5,7,10,18H2,1-4H3,(H,19,21). The molecule has 0 aromatic heterocycles. The van der Waals surface area contributed by atoms with Crippen LogP contribution in [0.1, 0.15) is 39.2 Å². The Balaban J connectivity index is 2.06. The molecule has 3 atom stereocenters. The van der Waals surface area contributed by atoms with Crippen LogP contribution in [0.4, 0.5) is 11.4 Å². The second-order valence-electron chi connectivity index (χ2n) is 6.47. The number of nitrogen functional groups attached to an aromatic ring is 1. The Hall–Kier alpha value is -1.55. The van der Waals surface area contributed by atoms with Crippen LogP contribution in [-0.4, -0.2) is 29.4 Å². The molecule has 1 saturated heterocycles. The summed E-state index contributed by atoms with van der Waals surface area (Å²) >= 11 is 0. The summed E-state index contributed by atoms with van der Waals surface area (Å²) in [4.78, 5) is 14.8. The fourth-order valence-corrected chi connectivity index (χ4v) is 3.02.